The highest BCUT2D eigenvalue weighted by atomic mass is 14.5. The van der Waals surface area contributed by atoms with Crippen molar-refractivity contribution in [2.24, 2.45) is 0 Å². The Labute approximate surface area is 253 Å². The summed E-state index contributed by atoms with van der Waals surface area (Å²) in [5.74, 6) is 0. The van der Waals surface area contributed by atoms with Gasteiger partial charge in [-0.15, -0.1) is 0 Å². The molecule has 0 heterocycles. The molecule has 0 N–H and O–H groups in total. The molecule has 6 rings (SSSR count). The molecule has 1 spiro atoms. The minimum Gasteiger partial charge on any atom is -0.0683 e. The van der Waals surface area contributed by atoms with Crippen molar-refractivity contribution < 1.29 is 0 Å². The van der Waals surface area contributed by atoms with Gasteiger partial charge in [-0.1, -0.05) is 104 Å². The molecule has 2 aliphatic carbocycles. The molecule has 0 atom stereocenters. The first-order chi connectivity index (χ1) is 19.6. The third-order valence-corrected chi connectivity index (χ3v) is 8.73. The Kier molecular flexibility index (Phi) is 11.4. The van der Waals surface area contributed by atoms with Crippen molar-refractivity contribution in [3.05, 3.63) is 115 Å². The molecule has 0 radical (unpaired) electrons. The van der Waals surface area contributed by atoms with Crippen LogP contribution >= 0.6 is 0 Å². The number of hydrogen-bond donors (Lipinski definition) is 0. The topological polar surface area (TPSA) is 0 Å². The quantitative estimate of drug-likeness (QED) is 0.177. The van der Waals surface area contributed by atoms with E-state index >= 15 is 0 Å². The van der Waals surface area contributed by atoms with Crippen LogP contribution in [0, 0.1) is 55.4 Å². The summed E-state index contributed by atoms with van der Waals surface area (Å²) in [5.41, 5.74) is 22.2. The van der Waals surface area contributed by atoms with E-state index in [1.807, 2.05) is 55.4 Å². The molecule has 0 aliphatic heterocycles. The Balaban J connectivity index is 0.000000679. The van der Waals surface area contributed by atoms with E-state index in [4.69, 9.17) is 0 Å². The van der Waals surface area contributed by atoms with Crippen molar-refractivity contribution in [2.45, 2.75) is 116 Å². The molecule has 4 aromatic rings. The van der Waals surface area contributed by atoms with E-state index in [1.54, 1.807) is 0 Å². The molecule has 220 valence electrons. The van der Waals surface area contributed by atoms with Crippen LogP contribution < -0.4 is 0 Å². The molecule has 0 fully saturated rings. The van der Waals surface area contributed by atoms with Crippen LogP contribution in [0.2, 0.25) is 0 Å². The summed E-state index contributed by atoms with van der Waals surface area (Å²) in [7, 11) is 0. The van der Waals surface area contributed by atoms with Gasteiger partial charge in [-0.25, -0.2) is 0 Å². The second kappa shape index (κ2) is 13.7. The molecule has 2 aliphatic rings. The summed E-state index contributed by atoms with van der Waals surface area (Å²) in [4.78, 5) is 0. The van der Waals surface area contributed by atoms with Crippen molar-refractivity contribution in [3.8, 4) is 22.3 Å². The first kappa shape index (κ1) is 34.1. The first-order valence-corrected chi connectivity index (χ1v) is 16.1. The van der Waals surface area contributed by atoms with Crippen LogP contribution in [0.15, 0.2) is 48.5 Å². The molecular weight excluding hydrogens is 492 g/mol. The molecule has 41 heavy (non-hydrogen) atoms. The second-order valence-corrected chi connectivity index (χ2v) is 10.7. The van der Waals surface area contributed by atoms with Crippen molar-refractivity contribution in [1.29, 1.82) is 0 Å². The van der Waals surface area contributed by atoms with Gasteiger partial charge in [0.25, 0.3) is 0 Å². The maximum absolute atomic E-state index is 2.48. The van der Waals surface area contributed by atoms with Crippen molar-refractivity contribution in [2.75, 3.05) is 0 Å². The summed E-state index contributed by atoms with van der Waals surface area (Å²) < 4.78 is 0. The fourth-order valence-corrected chi connectivity index (χ4v) is 6.27. The lowest BCUT2D eigenvalue weighted by molar-refractivity contribution is 0.787. The Bertz CT molecular complexity index is 1290. The van der Waals surface area contributed by atoms with Crippen molar-refractivity contribution in [3.63, 3.8) is 0 Å². The predicted molar refractivity (Wildman–Crippen MR) is 186 cm³/mol. The normalized spacial score (nSPS) is 12.1. The molecule has 0 amide bonds. The number of rotatable bonds is 0. The molecule has 0 saturated heterocycles. The summed E-state index contributed by atoms with van der Waals surface area (Å²) in [6.07, 6.45) is 0. The maximum atomic E-state index is 2.48. The third kappa shape index (κ3) is 5.20. The van der Waals surface area contributed by atoms with Gasteiger partial charge in [0.15, 0.2) is 0 Å². The van der Waals surface area contributed by atoms with E-state index in [-0.39, 0.29) is 5.41 Å². The third-order valence-electron chi connectivity index (χ3n) is 8.73. The van der Waals surface area contributed by atoms with E-state index in [2.05, 4.69) is 104 Å². The highest BCUT2D eigenvalue weighted by Crippen LogP contribution is 2.63. The van der Waals surface area contributed by atoms with Crippen LogP contribution in [0.5, 0.6) is 0 Å². The average molecular weight is 549 g/mol. The Hall–Kier alpha value is -3.12. The molecule has 4 aromatic carbocycles. The van der Waals surface area contributed by atoms with Crippen LogP contribution in [0.1, 0.15) is 122 Å². The Morgan fingerprint density at radius 1 is 0.268 bits per heavy atom. The predicted octanol–water partition coefficient (Wildman–Crippen LogP) is 12.6. The standard InChI is InChI=1S/C33H32.4C2H6/c1-17-9-25-26-10-18(2)22(6)14-30(26)33(29(25)13-21(17)5)31-15-23(7)19(3)11-27(31)28-12-20(4)24(8)16-32(28)33;4*1-2/h9-16H,1-8H3;4*1-2H3. The van der Waals surface area contributed by atoms with E-state index < -0.39 is 0 Å². The SMILES string of the molecule is CC.CC.CC.CC.Cc1cc2c(cc1C)C1(c3cc(C)c(C)cc3-2)c2cc(C)c(C)cc2-c2cc(C)c(C)cc21. The lowest BCUT2D eigenvalue weighted by atomic mass is 9.69. The van der Waals surface area contributed by atoms with Crippen LogP contribution in [0.25, 0.3) is 22.3 Å². The summed E-state index contributed by atoms with van der Waals surface area (Å²) >= 11 is 0. The van der Waals surface area contributed by atoms with E-state index in [9.17, 15) is 0 Å². The van der Waals surface area contributed by atoms with Crippen LogP contribution in [-0.4, -0.2) is 0 Å². The number of aryl methyl sites for hydroxylation is 8. The lowest BCUT2D eigenvalue weighted by Crippen LogP contribution is -2.26. The number of benzene rings is 4. The lowest BCUT2D eigenvalue weighted by Gasteiger charge is -2.32. The summed E-state index contributed by atoms with van der Waals surface area (Å²) in [5, 5.41) is 0. The smallest absolute Gasteiger partial charge is 0.0683 e. The van der Waals surface area contributed by atoms with Gasteiger partial charge in [0, 0.05) is 0 Å². The molecule has 0 bridgehead atoms. The van der Waals surface area contributed by atoms with Crippen LogP contribution in [0.3, 0.4) is 0 Å². The first-order valence-electron chi connectivity index (χ1n) is 16.1. The van der Waals surface area contributed by atoms with Gasteiger partial charge >= 0.3 is 0 Å². The monoisotopic (exact) mass is 548 g/mol. The number of hydrogen-bond acceptors (Lipinski definition) is 0. The van der Waals surface area contributed by atoms with Crippen LogP contribution in [-0.2, 0) is 5.41 Å². The average Bonchev–Trinajstić information content (AvgIpc) is 3.39. The molecule has 0 heteroatoms. The number of fused-ring (bicyclic) bond motifs is 10. The van der Waals surface area contributed by atoms with Crippen molar-refractivity contribution >= 4 is 0 Å². The van der Waals surface area contributed by atoms with Gasteiger partial charge in [-0.05, 0) is 144 Å². The van der Waals surface area contributed by atoms with Crippen molar-refractivity contribution in [1.82, 2.24) is 0 Å². The van der Waals surface area contributed by atoms with E-state index in [0.29, 0.717) is 0 Å². The molecule has 0 unspecified atom stereocenters. The van der Waals surface area contributed by atoms with Gasteiger partial charge in [-0.2, -0.15) is 0 Å². The largest absolute Gasteiger partial charge is 0.0725 e. The molecular formula is C41H56. The maximum Gasteiger partial charge on any atom is 0.0725 e. The fraction of sp³-hybridized carbons (Fsp3) is 0.415. The fourth-order valence-electron chi connectivity index (χ4n) is 6.27. The zero-order valence-electron chi connectivity index (χ0n) is 29.1. The summed E-state index contributed by atoms with van der Waals surface area (Å²) in [6, 6.07) is 19.7. The minimum atomic E-state index is -0.247. The van der Waals surface area contributed by atoms with Gasteiger partial charge in [-0.3, -0.25) is 0 Å². The highest BCUT2D eigenvalue weighted by molar-refractivity contribution is 5.96. The molecule has 0 saturated carbocycles. The van der Waals surface area contributed by atoms with E-state index in [1.165, 1.54) is 89.0 Å². The van der Waals surface area contributed by atoms with Gasteiger partial charge in [0.2, 0.25) is 0 Å². The Morgan fingerprint density at radius 3 is 0.585 bits per heavy atom. The minimum absolute atomic E-state index is 0.247. The summed E-state index contributed by atoms with van der Waals surface area (Å²) in [6.45, 7) is 34.1. The highest BCUT2D eigenvalue weighted by Gasteiger charge is 2.52. The van der Waals surface area contributed by atoms with Gasteiger partial charge in [0.1, 0.15) is 0 Å². The van der Waals surface area contributed by atoms with E-state index in [0.717, 1.165) is 0 Å². The zero-order chi connectivity index (χ0) is 31.4. The van der Waals surface area contributed by atoms with Crippen LogP contribution in [0.4, 0.5) is 0 Å². The second-order valence-electron chi connectivity index (χ2n) is 10.7. The Morgan fingerprint density at radius 2 is 0.415 bits per heavy atom. The molecule has 0 aromatic heterocycles. The molecule has 0 nitrogen and oxygen atoms in total. The van der Waals surface area contributed by atoms with Gasteiger partial charge in [0.05, 0.1) is 5.41 Å². The zero-order valence-corrected chi connectivity index (χ0v) is 29.1. The van der Waals surface area contributed by atoms with Gasteiger partial charge < -0.3 is 0 Å².